The van der Waals surface area contributed by atoms with E-state index >= 15 is 0 Å². The first-order valence-electron chi connectivity index (χ1n) is 7.30. The highest BCUT2D eigenvalue weighted by molar-refractivity contribution is 6.26. The Hall–Kier alpha value is -2.83. The smallest absolute Gasteiger partial charge is 0.289 e. The molecule has 0 spiro atoms. The Morgan fingerprint density at radius 3 is 2.36 bits per heavy atom. The highest BCUT2D eigenvalue weighted by Gasteiger charge is 2.33. The summed E-state index contributed by atoms with van der Waals surface area (Å²) < 4.78 is 51.7. The van der Waals surface area contributed by atoms with Gasteiger partial charge in [0, 0.05) is 35.0 Å². The van der Waals surface area contributed by atoms with Crippen LogP contribution in [0.2, 0.25) is 0 Å². The minimum Gasteiger partial charge on any atom is -0.289 e. The van der Waals surface area contributed by atoms with Gasteiger partial charge in [0.25, 0.3) is 0 Å². The minimum absolute atomic E-state index is 0.00775. The summed E-state index contributed by atoms with van der Waals surface area (Å²) >= 11 is 0. The van der Waals surface area contributed by atoms with Crippen LogP contribution in [-0.2, 0) is 12.6 Å². The molecule has 0 unspecified atom stereocenters. The van der Waals surface area contributed by atoms with Crippen LogP contribution >= 0.6 is 0 Å². The Bertz CT molecular complexity index is 912. The Labute approximate surface area is 140 Å². The highest BCUT2D eigenvalue weighted by Crippen LogP contribution is 2.31. The molecule has 0 radical (unpaired) electrons. The van der Waals surface area contributed by atoms with E-state index in [0.717, 1.165) is 18.2 Å². The van der Waals surface area contributed by atoms with Crippen LogP contribution in [0, 0.1) is 5.82 Å². The van der Waals surface area contributed by atoms with Crippen molar-refractivity contribution >= 4 is 11.6 Å². The van der Waals surface area contributed by atoms with Crippen molar-refractivity contribution in [1.82, 2.24) is 4.98 Å². The van der Waals surface area contributed by atoms with Crippen molar-refractivity contribution in [2.24, 2.45) is 0 Å². The van der Waals surface area contributed by atoms with Gasteiger partial charge in [-0.15, -0.1) is 0 Å². The second-order valence-electron chi connectivity index (χ2n) is 5.64. The van der Waals surface area contributed by atoms with Crippen molar-refractivity contribution in [2.75, 3.05) is 0 Å². The molecule has 7 heteroatoms. The molecule has 1 aromatic heterocycles. The number of Topliss-reactive ketones (excluding diaryl/α,β-unsaturated/α-hetero) is 2. The molecule has 1 aliphatic rings. The van der Waals surface area contributed by atoms with Crippen molar-refractivity contribution in [3.05, 3.63) is 75.9 Å². The summed E-state index contributed by atoms with van der Waals surface area (Å²) in [7, 11) is 0. The first-order valence-corrected chi connectivity index (χ1v) is 7.30. The predicted molar refractivity (Wildman–Crippen MR) is 80.7 cm³/mol. The second-order valence-corrected chi connectivity index (χ2v) is 5.64. The maximum atomic E-state index is 14.0. The van der Waals surface area contributed by atoms with Crippen LogP contribution in [0.25, 0.3) is 0 Å². The van der Waals surface area contributed by atoms with Crippen LogP contribution in [0.1, 0.15) is 38.9 Å². The molecule has 0 amide bonds. The molecule has 1 aliphatic carbocycles. The summed E-state index contributed by atoms with van der Waals surface area (Å²) in [6.07, 6.45) is -4.00. The molecule has 128 valence electrons. The quantitative estimate of drug-likeness (QED) is 0.764. The molecule has 0 N–H and O–H groups in total. The van der Waals surface area contributed by atoms with Gasteiger partial charge in [0.2, 0.25) is 0 Å². The van der Waals surface area contributed by atoms with E-state index in [-0.39, 0.29) is 34.4 Å². The normalized spacial score (nSPS) is 14.8. The minimum atomic E-state index is -4.51. The van der Waals surface area contributed by atoms with E-state index in [1.165, 1.54) is 19.1 Å². The summed E-state index contributed by atoms with van der Waals surface area (Å²) in [6.45, 7) is 1.44. The zero-order chi connectivity index (χ0) is 18.4. The lowest BCUT2D eigenvalue weighted by molar-refractivity contribution is -0.137. The lowest BCUT2D eigenvalue weighted by Crippen LogP contribution is -2.23. The van der Waals surface area contributed by atoms with Gasteiger partial charge in [-0.05, 0) is 25.1 Å². The van der Waals surface area contributed by atoms with E-state index in [0.29, 0.717) is 6.20 Å². The maximum Gasteiger partial charge on any atom is 0.417 e. The molecule has 0 bridgehead atoms. The fourth-order valence-electron chi connectivity index (χ4n) is 2.70. The Kier molecular flexibility index (Phi) is 4.02. The van der Waals surface area contributed by atoms with Gasteiger partial charge in [-0.2, -0.15) is 13.2 Å². The van der Waals surface area contributed by atoms with Gasteiger partial charge >= 0.3 is 6.18 Å². The number of benzene rings is 1. The fraction of sp³-hybridized carbons (Fsp3) is 0.167. The van der Waals surface area contributed by atoms with Crippen molar-refractivity contribution in [3.63, 3.8) is 0 Å². The average molecular weight is 349 g/mol. The molecule has 0 atom stereocenters. The third-order valence-corrected chi connectivity index (χ3v) is 4.06. The summed E-state index contributed by atoms with van der Waals surface area (Å²) in [5.41, 5.74) is -0.862. The summed E-state index contributed by atoms with van der Waals surface area (Å²) in [5.74, 6) is -1.93. The average Bonchev–Trinajstić information content (AvgIpc) is 2.56. The van der Waals surface area contributed by atoms with Crippen LogP contribution in [0.3, 0.4) is 0 Å². The third-order valence-electron chi connectivity index (χ3n) is 4.06. The first kappa shape index (κ1) is 17.0. The van der Waals surface area contributed by atoms with Crippen molar-refractivity contribution < 1.29 is 27.2 Å². The number of rotatable bonds is 2. The molecule has 0 saturated carbocycles. The van der Waals surface area contributed by atoms with Gasteiger partial charge in [0.05, 0.1) is 11.1 Å². The number of ketones is 2. The largest absolute Gasteiger partial charge is 0.417 e. The number of allylic oxidation sites excluding steroid dienone is 2. The maximum absolute atomic E-state index is 14.0. The predicted octanol–water partition coefficient (Wildman–Crippen LogP) is 4.18. The van der Waals surface area contributed by atoms with Gasteiger partial charge < -0.3 is 0 Å². The molecule has 2 aromatic rings. The third kappa shape index (κ3) is 2.97. The molecule has 3 rings (SSSR count). The monoisotopic (exact) mass is 349 g/mol. The van der Waals surface area contributed by atoms with Crippen LogP contribution in [0.4, 0.5) is 17.6 Å². The highest BCUT2D eigenvalue weighted by atomic mass is 19.4. The first-order chi connectivity index (χ1) is 11.7. The summed E-state index contributed by atoms with van der Waals surface area (Å²) in [5, 5.41) is 0. The second kappa shape index (κ2) is 5.91. The van der Waals surface area contributed by atoms with Gasteiger partial charge in [-0.3, -0.25) is 14.6 Å². The number of carbonyl (C=O) groups excluding carboxylic acids is 2. The number of hydrogen-bond acceptors (Lipinski definition) is 3. The van der Waals surface area contributed by atoms with E-state index in [2.05, 4.69) is 4.98 Å². The number of alkyl halides is 3. The Balaban J connectivity index is 1.98. The number of pyridine rings is 1. The molecule has 3 nitrogen and oxygen atoms in total. The van der Waals surface area contributed by atoms with Crippen LogP contribution in [0.15, 0.2) is 47.7 Å². The molecule has 0 fully saturated rings. The lowest BCUT2D eigenvalue weighted by atomic mass is 9.82. The summed E-state index contributed by atoms with van der Waals surface area (Å²) in [6, 6.07) is 5.78. The van der Waals surface area contributed by atoms with Crippen LogP contribution < -0.4 is 0 Å². The van der Waals surface area contributed by atoms with E-state index in [1.54, 1.807) is 0 Å². The van der Waals surface area contributed by atoms with Crippen molar-refractivity contribution in [2.45, 2.75) is 19.5 Å². The number of hydrogen-bond donors (Lipinski definition) is 0. The number of fused-ring (bicyclic) bond motifs is 1. The van der Waals surface area contributed by atoms with Crippen molar-refractivity contribution in [3.8, 4) is 0 Å². The van der Waals surface area contributed by atoms with Crippen LogP contribution in [-0.4, -0.2) is 16.6 Å². The summed E-state index contributed by atoms with van der Waals surface area (Å²) in [4.78, 5) is 28.6. The number of halogens is 4. The molecule has 0 aliphatic heterocycles. The molecule has 0 saturated heterocycles. The van der Waals surface area contributed by atoms with Gasteiger partial charge in [0.15, 0.2) is 11.6 Å². The lowest BCUT2D eigenvalue weighted by Gasteiger charge is -2.19. The van der Waals surface area contributed by atoms with Gasteiger partial charge in [-0.1, -0.05) is 12.1 Å². The zero-order valence-electron chi connectivity index (χ0n) is 12.9. The van der Waals surface area contributed by atoms with Gasteiger partial charge in [0.1, 0.15) is 5.82 Å². The molecular formula is C18H11F4NO2. The number of aromatic nitrogens is 1. The molecule has 25 heavy (non-hydrogen) atoms. The van der Waals surface area contributed by atoms with E-state index < -0.39 is 29.1 Å². The standard InChI is InChI=1S/C18H11F4NO2/c1-9-13(7-11-6-5-10(8-23-11)18(20,21)22)17(25)15-12(16(9)24)3-2-4-14(15)19/h2-6,8H,7H2,1H3. The Morgan fingerprint density at radius 2 is 1.76 bits per heavy atom. The molecule has 1 heterocycles. The van der Waals surface area contributed by atoms with E-state index in [4.69, 9.17) is 0 Å². The van der Waals surface area contributed by atoms with E-state index in [9.17, 15) is 27.2 Å². The van der Waals surface area contributed by atoms with Crippen molar-refractivity contribution in [1.29, 1.82) is 0 Å². The topological polar surface area (TPSA) is 47.0 Å². The number of nitrogens with zero attached hydrogens (tertiary/aromatic N) is 1. The molecule has 1 aromatic carbocycles. The zero-order valence-corrected chi connectivity index (χ0v) is 12.9. The van der Waals surface area contributed by atoms with Crippen LogP contribution in [0.5, 0.6) is 0 Å². The van der Waals surface area contributed by atoms with E-state index in [1.807, 2.05) is 0 Å². The molecular weight excluding hydrogens is 338 g/mol. The number of carbonyl (C=O) groups is 2. The van der Waals surface area contributed by atoms with Gasteiger partial charge in [-0.25, -0.2) is 4.39 Å². The Morgan fingerprint density at radius 1 is 1.04 bits per heavy atom. The fourth-order valence-corrected chi connectivity index (χ4v) is 2.70. The SMILES string of the molecule is CC1=C(Cc2ccc(C(F)(F)F)cn2)C(=O)c2c(F)cccc2C1=O.